The summed E-state index contributed by atoms with van der Waals surface area (Å²) in [6, 6.07) is 13.7. The Kier molecular flexibility index (Phi) is 4.45. The first kappa shape index (κ1) is 14.4. The summed E-state index contributed by atoms with van der Waals surface area (Å²) in [5, 5.41) is 5.11. The molecule has 2 atom stereocenters. The van der Waals surface area contributed by atoms with E-state index < -0.39 is 0 Å². The van der Waals surface area contributed by atoms with Crippen LogP contribution in [0.5, 0.6) is 5.75 Å². The lowest BCUT2D eigenvalue weighted by Gasteiger charge is -2.26. The molecule has 21 heavy (non-hydrogen) atoms. The largest absolute Gasteiger partial charge is 0.496 e. The van der Waals surface area contributed by atoms with Gasteiger partial charge in [0.2, 0.25) is 0 Å². The van der Waals surface area contributed by atoms with Gasteiger partial charge in [-0.1, -0.05) is 37.6 Å². The molecule has 2 aromatic carbocycles. The third kappa shape index (κ3) is 3.06. The number of hydrogen-bond acceptors (Lipinski definition) is 1. The van der Waals surface area contributed by atoms with Crippen molar-refractivity contribution in [3.8, 4) is 5.75 Å². The van der Waals surface area contributed by atoms with Gasteiger partial charge in [-0.25, -0.2) is 0 Å². The third-order valence-electron chi connectivity index (χ3n) is 5.01. The molecule has 0 unspecified atom stereocenters. The molecule has 0 amide bonds. The van der Waals surface area contributed by atoms with Gasteiger partial charge in [0, 0.05) is 16.9 Å². The molecule has 1 aliphatic carbocycles. The van der Waals surface area contributed by atoms with Crippen molar-refractivity contribution < 1.29 is 10.1 Å². The second-order valence-corrected chi connectivity index (χ2v) is 6.34. The first-order valence-electron chi connectivity index (χ1n) is 8.17. The minimum absolute atomic E-state index is 0.791. The van der Waals surface area contributed by atoms with Crippen LogP contribution in [0.4, 0.5) is 0 Å². The molecule has 0 aliphatic heterocycles. The van der Waals surface area contributed by atoms with Crippen molar-refractivity contribution in [3.63, 3.8) is 0 Å². The highest BCUT2D eigenvalue weighted by molar-refractivity contribution is 5.90. The Morgan fingerprint density at radius 1 is 1.05 bits per heavy atom. The molecule has 1 aliphatic rings. The molecular formula is C19H26NO+. The number of methoxy groups -OCH3 is 1. The van der Waals surface area contributed by atoms with Gasteiger partial charge in [-0.3, -0.25) is 0 Å². The molecule has 2 aromatic rings. The van der Waals surface area contributed by atoms with Gasteiger partial charge in [0.05, 0.1) is 13.2 Å². The quantitative estimate of drug-likeness (QED) is 0.913. The van der Waals surface area contributed by atoms with E-state index in [-0.39, 0.29) is 0 Å². The summed E-state index contributed by atoms with van der Waals surface area (Å²) in [6.45, 7) is 3.48. The number of ether oxygens (including phenoxy) is 1. The standard InChI is InChI=1S/C19H25NO/c1-14-7-3-6-10-18(14)20-13-15-11-12-19(21-2)17-9-5-4-8-16(15)17/h4-5,8-9,11-12,14,18,20H,3,6-7,10,13H2,1-2H3/p+1/t14-,18-/m0/s1. The molecule has 1 saturated carbocycles. The molecule has 112 valence electrons. The van der Waals surface area contributed by atoms with E-state index in [0.717, 1.165) is 24.3 Å². The van der Waals surface area contributed by atoms with Gasteiger partial charge in [0.15, 0.2) is 0 Å². The summed E-state index contributed by atoms with van der Waals surface area (Å²) >= 11 is 0. The summed E-state index contributed by atoms with van der Waals surface area (Å²) in [5.74, 6) is 1.82. The van der Waals surface area contributed by atoms with Gasteiger partial charge in [-0.2, -0.15) is 0 Å². The fourth-order valence-electron chi connectivity index (χ4n) is 3.66. The molecule has 0 radical (unpaired) electrons. The maximum absolute atomic E-state index is 5.48. The predicted molar refractivity (Wildman–Crippen MR) is 87.5 cm³/mol. The molecule has 0 aromatic heterocycles. The van der Waals surface area contributed by atoms with Gasteiger partial charge in [-0.15, -0.1) is 0 Å². The maximum Gasteiger partial charge on any atom is 0.126 e. The highest BCUT2D eigenvalue weighted by Gasteiger charge is 2.24. The van der Waals surface area contributed by atoms with Crippen molar-refractivity contribution in [2.45, 2.75) is 45.2 Å². The monoisotopic (exact) mass is 284 g/mol. The van der Waals surface area contributed by atoms with Gasteiger partial charge in [0.1, 0.15) is 12.3 Å². The van der Waals surface area contributed by atoms with Crippen LogP contribution in [0.3, 0.4) is 0 Å². The highest BCUT2D eigenvalue weighted by atomic mass is 16.5. The van der Waals surface area contributed by atoms with Crippen LogP contribution in [-0.2, 0) is 6.54 Å². The average molecular weight is 284 g/mol. The van der Waals surface area contributed by atoms with Crippen molar-refractivity contribution in [3.05, 3.63) is 42.0 Å². The Hall–Kier alpha value is -1.54. The molecule has 3 rings (SSSR count). The Morgan fingerprint density at radius 3 is 2.57 bits per heavy atom. The van der Waals surface area contributed by atoms with Crippen LogP contribution in [-0.4, -0.2) is 13.2 Å². The highest BCUT2D eigenvalue weighted by Crippen LogP contribution is 2.28. The number of quaternary nitrogens is 1. The average Bonchev–Trinajstić information content (AvgIpc) is 2.54. The van der Waals surface area contributed by atoms with Crippen LogP contribution in [0.2, 0.25) is 0 Å². The molecule has 2 nitrogen and oxygen atoms in total. The molecular weight excluding hydrogens is 258 g/mol. The zero-order valence-electron chi connectivity index (χ0n) is 13.1. The molecule has 0 spiro atoms. The minimum Gasteiger partial charge on any atom is -0.496 e. The Balaban J connectivity index is 1.81. The van der Waals surface area contributed by atoms with E-state index in [1.807, 2.05) is 0 Å². The lowest BCUT2D eigenvalue weighted by Crippen LogP contribution is -2.90. The molecule has 0 saturated heterocycles. The fourth-order valence-corrected chi connectivity index (χ4v) is 3.66. The maximum atomic E-state index is 5.48. The zero-order chi connectivity index (χ0) is 14.7. The summed E-state index contributed by atoms with van der Waals surface area (Å²) in [5.41, 5.74) is 1.42. The van der Waals surface area contributed by atoms with Gasteiger partial charge >= 0.3 is 0 Å². The zero-order valence-corrected chi connectivity index (χ0v) is 13.1. The summed E-state index contributed by atoms with van der Waals surface area (Å²) in [4.78, 5) is 0. The lowest BCUT2D eigenvalue weighted by molar-refractivity contribution is -0.712. The summed E-state index contributed by atoms with van der Waals surface area (Å²) in [7, 11) is 1.75. The van der Waals surface area contributed by atoms with Crippen molar-refractivity contribution in [1.82, 2.24) is 0 Å². The van der Waals surface area contributed by atoms with Crippen molar-refractivity contribution in [1.29, 1.82) is 0 Å². The number of nitrogens with two attached hydrogens (primary N) is 1. The van der Waals surface area contributed by atoms with Crippen LogP contribution < -0.4 is 10.1 Å². The van der Waals surface area contributed by atoms with E-state index in [1.54, 1.807) is 7.11 Å². The van der Waals surface area contributed by atoms with Gasteiger partial charge in [-0.05, 0) is 36.8 Å². The van der Waals surface area contributed by atoms with Crippen molar-refractivity contribution in [2.24, 2.45) is 5.92 Å². The van der Waals surface area contributed by atoms with Crippen LogP contribution in [0.1, 0.15) is 38.2 Å². The summed E-state index contributed by atoms with van der Waals surface area (Å²) in [6.07, 6.45) is 5.58. The molecule has 0 bridgehead atoms. The number of benzene rings is 2. The molecule has 2 heteroatoms. The van der Waals surface area contributed by atoms with E-state index >= 15 is 0 Å². The van der Waals surface area contributed by atoms with E-state index in [0.29, 0.717) is 0 Å². The normalized spacial score (nSPS) is 22.4. The Morgan fingerprint density at radius 2 is 1.81 bits per heavy atom. The predicted octanol–water partition coefficient (Wildman–Crippen LogP) is 3.49. The number of rotatable bonds is 4. The SMILES string of the molecule is COc1ccc(C[NH2+][C@H]2CCCC[C@@H]2C)c2ccccc12. The fraction of sp³-hybridized carbons (Fsp3) is 0.474. The van der Waals surface area contributed by atoms with E-state index in [9.17, 15) is 0 Å². The Bertz CT molecular complexity index is 608. The smallest absolute Gasteiger partial charge is 0.126 e. The first-order chi connectivity index (χ1) is 10.3. The molecule has 2 N–H and O–H groups in total. The second kappa shape index (κ2) is 6.48. The third-order valence-corrected chi connectivity index (χ3v) is 5.01. The second-order valence-electron chi connectivity index (χ2n) is 6.34. The number of fused-ring (bicyclic) bond motifs is 1. The summed E-state index contributed by atoms with van der Waals surface area (Å²) < 4.78 is 5.48. The first-order valence-corrected chi connectivity index (χ1v) is 8.17. The van der Waals surface area contributed by atoms with Crippen molar-refractivity contribution >= 4 is 10.8 Å². The number of hydrogen-bond donors (Lipinski definition) is 1. The van der Waals surface area contributed by atoms with Gasteiger partial charge < -0.3 is 10.1 Å². The van der Waals surface area contributed by atoms with Gasteiger partial charge in [0.25, 0.3) is 0 Å². The van der Waals surface area contributed by atoms with Crippen molar-refractivity contribution in [2.75, 3.05) is 7.11 Å². The van der Waals surface area contributed by atoms with E-state index in [4.69, 9.17) is 4.74 Å². The molecule has 1 fully saturated rings. The lowest BCUT2D eigenvalue weighted by atomic mass is 9.86. The van der Waals surface area contributed by atoms with E-state index in [1.165, 1.54) is 42.0 Å². The molecule has 0 heterocycles. The van der Waals surface area contributed by atoms with Crippen LogP contribution in [0.25, 0.3) is 10.8 Å². The van der Waals surface area contributed by atoms with E-state index in [2.05, 4.69) is 48.6 Å². The Labute approximate surface area is 127 Å². The van der Waals surface area contributed by atoms with Crippen LogP contribution >= 0.6 is 0 Å². The topological polar surface area (TPSA) is 25.8 Å². The van der Waals surface area contributed by atoms with Crippen LogP contribution in [0, 0.1) is 5.92 Å². The van der Waals surface area contributed by atoms with Crippen LogP contribution in [0.15, 0.2) is 36.4 Å². The minimum atomic E-state index is 0.791.